The second kappa shape index (κ2) is 14.8. The molecular formula is C52H34N4O. The maximum Gasteiger partial charge on any atom is 0.227 e. The van der Waals surface area contributed by atoms with Crippen molar-refractivity contribution in [3.63, 3.8) is 0 Å². The molecule has 5 nitrogen and oxygen atoms in total. The molecule has 0 atom stereocenters. The minimum atomic E-state index is 0.535. The standard InChI is InChI=1S/C52H34N4O/c1-6-16-35(17-7-1)41-28-42(36-18-8-2-9-19-36)31-45(30-41)50-54-49(40-26-27-47-48(34-40)57-52(53-47)39-24-14-5-15-25-39)55-51(56-50)46-32-43(37-20-10-3-11-21-37)29-44(33-46)38-22-12-4-13-23-38/h1-34H. The van der Waals surface area contributed by atoms with E-state index >= 15 is 0 Å². The minimum absolute atomic E-state index is 0.535. The summed E-state index contributed by atoms with van der Waals surface area (Å²) in [6.07, 6.45) is 0. The predicted octanol–water partition coefficient (Wildman–Crippen LogP) is 13.3. The molecule has 0 aliphatic heterocycles. The molecule has 268 valence electrons. The zero-order valence-corrected chi connectivity index (χ0v) is 30.8. The van der Waals surface area contributed by atoms with Gasteiger partial charge in [0.05, 0.1) is 0 Å². The maximum atomic E-state index is 6.32. The molecule has 0 bridgehead atoms. The Balaban J connectivity index is 1.20. The molecule has 0 N–H and O–H groups in total. The van der Waals surface area contributed by atoms with Gasteiger partial charge in [0.2, 0.25) is 5.89 Å². The van der Waals surface area contributed by atoms with Crippen LogP contribution in [0.4, 0.5) is 0 Å². The van der Waals surface area contributed by atoms with E-state index in [4.69, 9.17) is 24.4 Å². The van der Waals surface area contributed by atoms with Gasteiger partial charge in [-0.15, -0.1) is 0 Å². The number of hydrogen-bond donors (Lipinski definition) is 0. The van der Waals surface area contributed by atoms with E-state index in [0.717, 1.165) is 72.3 Å². The first kappa shape index (κ1) is 33.8. The summed E-state index contributed by atoms with van der Waals surface area (Å²) in [6.45, 7) is 0. The Bertz CT molecular complexity index is 2720. The highest BCUT2D eigenvalue weighted by atomic mass is 16.3. The van der Waals surface area contributed by atoms with Gasteiger partial charge >= 0.3 is 0 Å². The molecule has 10 aromatic rings. The smallest absolute Gasteiger partial charge is 0.227 e. The van der Waals surface area contributed by atoms with Crippen LogP contribution in [0.15, 0.2) is 211 Å². The first-order valence-corrected chi connectivity index (χ1v) is 19.0. The van der Waals surface area contributed by atoms with Crippen molar-refractivity contribution in [1.29, 1.82) is 0 Å². The lowest BCUT2D eigenvalue weighted by molar-refractivity contribution is 0.620. The van der Waals surface area contributed by atoms with Crippen molar-refractivity contribution in [3.05, 3.63) is 206 Å². The second-order valence-corrected chi connectivity index (χ2v) is 13.9. The van der Waals surface area contributed by atoms with Crippen LogP contribution in [0.25, 0.3) is 101 Å². The molecule has 0 amide bonds. The normalized spacial score (nSPS) is 11.2. The Labute approximate surface area is 330 Å². The van der Waals surface area contributed by atoms with Crippen LogP contribution in [0.3, 0.4) is 0 Å². The summed E-state index contributed by atoms with van der Waals surface area (Å²) >= 11 is 0. The number of hydrogen-bond acceptors (Lipinski definition) is 5. The van der Waals surface area contributed by atoms with E-state index in [2.05, 4.69) is 133 Å². The monoisotopic (exact) mass is 730 g/mol. The van der Waals surface area contributed by atoms with E-state index in [1.54, 1.807) is 0 Å². The number of benzene rings is 8. The van der Waals surface area contributed by atoms with Crippen molar-refractivity contribution in [2.75, 3.05) is 0 Å². The number of oxazole rings is 1. The van der Waals surface area contributed by atoms with Crippen LogP contribution in [-0.2, 0) is 0 Å². The largest absolute Gasteiger partial charge is 0.436 e. The van der Waals surface area contributed by atoms with Gasteiger partial charge in [-0.25, -0.2) is 19.9 Å². The fraction of sp³-hybridized carbons (Fsp3) is 0. The molecule has 0 spiro atoms. The van der Waals surface area contributed by atoms with E-state index in [0.29, 0.717) is 28.9 Å². The van der Waals surface area contributed by atoms with Crippen molar-refractivity contribution in [2.45, 2.75) is 0 Å². The molecule has 5 heteroatoms. The highest BCUT2D eigenvalue weighted by Crippen LogP contribution is 2.36. The van der Waals surface area contributed by atoms with E-state index in [9.17, 15) is 0 Å². The first-order valence-electron chi connectivity index (χ1n) is 19.0. The van der Waals surface area contributed by atoms with Crippen molar-refractivity contribution < 1.29 is 4.42 Å². The average Bonchev–Trinajstić information content (AvgIpc) is 3.74. The third kappa shape index (κ3) is 7.02. The van der Waals surface area contributed by atoms with Crippen molar-refractivity contribution in [3.8, 4) is 90.1 Å². The molecule has 2 aromatic heterocycles. The lowest BCUT2D eigenvalue weighted by Gasteiger charge is -2.14. The summed E-state index contributed by atoms with van der Waals surface area (Å²) in [5, 5.41) is 0. The summed E-state index contributed by atoms with van der Waals surface area (Å²) in [5.74, 6) is 2.24. The van der Waals surface area contributed by atoms with Gasteiger partial charge in [-0.2, -0.15) is 0 Å². The summed E-state index contributed by atoms with van der Waals surface area (Å²) < 4.78 is 6.32. The third-order valence-electron chi connectivity index (χ3n) is 10.1. The van der Waals surface area contributed by atoms with Crippen LogP contribution in [0, 0.1) is 0 Å². The Morgan fingerprint density at radius 1 is 0.246 bits per heavy atom. The molecule has 0 fully saturated rings. The molecule has 57 heavy (non-hydrogen) atoms. The van der Waals surface area contributed by atoms with E-state index in [1.165, 1.54) is 0 Å². The fourth-order valence-electron chi connectivity index (χ4n) is 7.23. The second-order valence-electron chi connectivity index (χ2n) is 13.9. The van der Waals surface area contributed by atoms with Gasteiger partial charge in [0.25, 0.3) is 0 Å². The Morgan fingerprint density at radius 3 is 0.965 bits per heavy atom. The quantitative estimate of drug-likeness (QED) is 0.156. The fourth-order valence-corrected chi connectivity index (χ4v) is 7.23. The average molecular weight is 731 g/mol. The highest BCUT2D eigenvalue weighted by Gasteiger charge is 2.18. The minimum Gasteiger partial charge on any atom is -0.436 e. The third-order valence-corrected chi connectivity index (χ3v) is 10.1. The van der Waals surface area contributed by atoms with Crippen LogP contribution < -0.4 is 0 Å². The van der Waals surface area contributed by atoms with Gasteiger partial charge in [-0.1, -0.05) is 140 Å². The van der Waals surface area contributed by atoms with Gasteiger partial charge in [0.15, 0.2) is 23.1 Å². The molecule has 8 aromatic carbocycles. The zero-order chi connectivity index (χ0) is 38.0. The zero-order valence-electron chi connectivity index (χ0n) is 30.8. The van der Waals surface area contributed by atoms with Crippen LogP contribution in [-0.4, -0.2) is 19.9 Å². The molecule has 0 radical (unpaired) electrons. The van der Waals surface area contributed by atoms with Gasteiger partial charge in [0, 0.05) is 22.3 Å². The molecule has 2 heterocycles. The van der Waals surface area contributed by atoms with E-state index in [-0.39, 0.29) is 0 Å². The Kier molecular flexibility index (Phi) is 8.78. The van der Waals surface area contributed by atoms with Crippen molar-refractivity contribution >= 4 is 11.1 Å². The maximum absolute atomic E-state index is 6.32. The van der Waals surface area contributed by atoms with Crippen molar-refractivity contribution in [2.24, 2.45) is 0 Å². The number of fused-ring (bicyclic) bond motifs is 1. The van der Waals surface area contributed by atoms with Gasteiger partial charge < -0.3 is 4.42 Å². The number of aromatic nitrogens is 4. The summed E-state index contributed by atoms with van der Waals surface area (Å²) in [7, 11) is 0. The first-order chi connectivity index (χ1) is 28.2. The molecule has 0 saturated heterocycles. The molecule has 10 rings (SSSR count). The van der Waals surface area contributed by atoms with E-state index in [1.807, 2.05) is 72.8 Å². The summed E-state index contributed by atoms with van der Waals surface area (Å²) in [5.41, 5.74) is 13.6. The molecular weight excluding hydrogens is 697 g/mol. The SMILES string of the molecule is c1ccc(-c2cc(-c3ccccc3)cc(-c3nc(-c4cc(-c5ccccc5)cc(-c5ccccc5)c4)nc(-c4ccc5nc(-c6ccccc6)oc5c4)n3)c2)cc1. The molecule has 0 aliphatic carbocycles. The molecule has 0 aliphatic rings. The van der Waals surface area contributed by atoms with E-state index < -0.39 is 0 Å². The van der Waals surface area contributed by atoms with Gasteiger partial charge in [0.1, 0.15) is 5.52 Å². The highest BCUT2D eigenvalue weighted by molar-refractivity contribution is 5.84. The van der Waals surface area contributed by atoms with Crippen LogP contribution in [0.5, 0.6) is 0 Å². The van der Waals surface area contributed by atoms with Crippen LogP contribution >= 0.6 is 0 Å². The Hall–Kier alpha value is -7.76. The molecule has 0 unspecified atom stereocenters. The summed E-state index contributed by atoms with van der Waals surface area (Å²) in [4.78, 5) is 20.5. The van der Waals surface area contributed by atoms with Crippen molar-refractivity contribution in [1.82, 2.24) is 19.9 Å². The lowest BCUT2D eigenvalue weighted by Crippen LogP contribution is -2.01. The van der Waals surface area contributed by atoms with Crippen LogP contribution in [0.2, 0.25) is 0 Å². The van der Waals surface area contributed by atoms with Gasteiger partial charge in [-0.3, -0.25) is 0 Å². The lowest BCUT2D eigenvalue weighted by atomic mass is 9.95. The number of nitrogens with zero attached hydrogens (tertiary/aromatic N) is 4. The number of rotatable bonds is 8. The Morgan fingerprint density at radius 2 is 0.579 bits per heavy atom. The van der Waals surface area contributed by atoms with Crippen LogP contribution in [0.1, 0.15) is 0 Å². The summed E-state index contributed by atoms with van der Waals surface area (Å²) in [6, 6.07) is 70.8. The topological polar surface area (TPSA) is 64.7 Å². The predicted molar refractivity (Wildman–Crippen MR) is 231 cm³/mol. The van der Waals surface area contributed by atoms with Gasteiger partial charge in [-0.05, 0) is 111 Å². The molecule has 0 saturated carbocycles.